The van der Waals surface area contributed by atoms with Crippen LogP contribution in [0, 0.1) is 6.92 Å². The van der Waals surface area contributed by atoms with Crippen LogP contribution in [-0.4, -0.2) is 24.0 Å². The number of allylic oxidation sites excluding steroid dienone is 1. The van der Waals surface area contributed by atoms with Crippen molar-refractivity contribution >= 4 is 35.1 Å². The fraction of sp³-hybridized carbons (Fsp3) is 0.222. The van der Waals surface area contributed by atoms with Crippen molar-refractivity contribution in [1.29, 1.82) is 0 Å². The van der Waals surface area contributed by atoms with E-state index in [4.69, 9.17) is 32.7 Å². The van der Waals surface area contributed by atoms with E-state index >= 15 is 0 Å². The Kier molecular flexibility index (Phi) is 6.15. The van der Waals surface area contributed by atoms with Crippen LogP contribution in [0.15, 0.2) is 60.4 Å². The lowest BCUT2D eigenvalue weighted by atomic mass is 10.00. The van der Waals surface area contributed by atoms with E-state index in [1.54, 1.807) is 24.3 Å². The molecule has 2 heterocycles. The normalized spacial score (nSPS) is 16.3. The first-order chi connectivity index (χ1) is 16.0. The Hall–Kier alpha value is -2.79. The Balaban J connectivity index is 1.33. The number of hydrogen-bond donors (Lipinski definition) is 0. The van der Waals surface area contributed by atoms with Gasteiger partial charge in [-0.25, -0.2) is 0 Å². The molecule has 0 saturated heterocycles. The van der Waals surface area contributed by atoms with E-state index in [-0.39, 0.29) is 11.5 Å². The van der Waals surface area contributed by atoms with Crippen molar-refractivity contribution < 1.29 is 14.3 Å². The summed E-state index contributed by atoms with van der Waals surface area (Å²) in [5.74, 6) is 1.47. The summed E-state index contributed by atoms with van der Waals surface area (Å²) in [5.41, 5.74) is 4.45. The highest BCUT2D eigenvalue weighted by molar-refractivity contribution is 6.35. The molecule has 2 aliphatic rings. The molecule has 0 aliphatic carbocycles. The van der Waals surface area contributed by atoms with Gasteiger partial charge in [-0.15, -0.1) is 0 Å². The fourth-order valence-corrected chi connectivity index (χ4v) is 4.81. The number of nitrogens with zero attached hydrogens (tertiary/aromatic N) is 1. The predicted octanol–water partition coefficient (Wildman–Crippen LogP) is 6.70. The van der Waals surface area contributed by atoms with Gasteiger partial charge in [0, 0.05) is 34.3 Å². The largest absolute Gasteiger partial charge is 0.477 e. The second-order valence-electron chi connectivity index (χ2n) is 8.39. The Morgan fingerprint density at radius 2 is 1.88 bits per heavy atom. The number of carbonyl (C=O) groups is 1. The van der Waals surface area contributed by atoms with Crippen molar-refractivity contribution in [1.82, 2.24) is 4.90 Å². The first-order valence-electron chi connectivity index (χ1n) is 10.9. The van der Waals surface area contributed by atoms with Crippen LogP contribution < -0.4 is 9.47 Å². The molecule has 0 radical (unpaired) electrons. The second kappa shape index (κ2) is 9.22. The number of Topliss-reactive ketones (excluding diaryl/α,β-unsaturated/α-hetero) is 1. The molecule has 0 amide bonds. The van der Waals surface area contributed by atoms with Gasteiger partial charge in [-0.3, -0.25) is 9.69 Å². The van der Waals surface area contributed by atoms with Crippen LogP contribution in [0.3, 0.4) is 0 Å². The standard InChI is InChI=1S/C27H23Cl2NO3/c1-17-26-20(15-30(16-32-26)11-5-8-18-6-3-2-4-7-18)12-22-25(31)24(33-27(17)22)13-19-9-10-21(28)14-23(19)29/h2-4,6-7,9-10,12-14H,5,8,11,15-16H2,1H3/b24-13-. The molecule has 4 nitrogen and oxygen atoms in total. The van der Waals surface area contributed by atoms with E-state index in [1.807, 2.05) is 19.1 Å². The SMILES string of the molecule is Cc1c2c(cc3c1O/C(=C\c1ccc(Cl)cc1Cl)C3=O)CN(CCCc1ccccc1)CO2. The fourth-order valence-electron chi connectivity index (χ4n) is 4.35. The molecule has 0 saturated carbocycles. The highest BCUT2D eigenvalue weighted by Crippen LogP contribution is 2.43. The number of carbonyl (C=O) groups excluding carboxylic acids is 1. The molecule has 0 atom stereocenters. The van der Waals surface area contributed by atoms with Crippen molar-refractivity contribution in [3.05, 3.63) is 98.2 Å². The number of rotatable bonds is 5. The highest BCUT2D eigenvalue weighted by Gasteiger charge is 2.33. The molecule has 0 fully saturated rings. The van der Waals surface area contributed by atoms with E-state index in [9.17, 15) is 4.79 Å². The third-order valence-corrected chi connectivity index (χ3v) is 6.60. The first-order valence-corrected chi connectivity index (χ1v) is 11.7. The zero-order valence-electron chi connectivity index (χ0n) is 18.2. The van der Waals surface area contributed by atoms with E-state index < -0.39 is 0 Å². The van der Waals surface area contributed by atoms with Gasteiger partial charge < -0.3 is 9.47 Å². The van der Waals surface area contributed by atoms with Crippen LogP contribution in [0.4, 0.5) is 0 Å². The molecule has 3 aromatic carbocycles. The molecule has 33 heavy (non-hydrogen) atoms. The van der Waals surface area contributed by atoms with Gasteiger partial charge in [0.05, 0.1) is 5.56 Å². The van der Waals surface area contributed by atoms with Crippen molar-refractivity contribution in [2.45, 2.75) is 26.3 Å². The monoisotopic (exact) mass is 479 g/mol. The molecule has 2 aliphatic heterocycles. The maximum Gasteiger partial charge on any atom is 0.231 e. The molecule has 0 N–H and O–H groups in total. The quantitative estimate of drug-likeness (QED) is 0.381. The maximum absolute atomic E-state index is 13.1. The number of aryl methyl sites for hydroxylation is 1. The minimum atomic E-state index is -0.150. The molecule has 6 heteroatoms. The molecule has 5 rings (SSSR count). The number of fused-ring (bicyclic) bond motifs is 2. The van der Waals surface area contributed by atoms with E-state index in [0.29, 0.717) is 33.7 Å². The van der Waals surface area contributed by atoms with E-state index in [0.717, 1.165) is 42.8 Å². The Morgan fingerprint density at radius 1 is 1.06 bits per heavy atom. The topological polar surface area (TPSA) is 38.8 Å². The maximum atomic E-state index is 13.1. The molecule has 0 spiro atoms. The van der Waals surface area contributed by atoms with Gasteiger partial charge in [0.1, 0.15) is 18.2 Å². The lowest BCUT2D eigenvalue weighted by Crippen LogP contribution is -2.33. The van der Waals surface area contributed by atoms with Gasteiger partial charge in [0.25, 0.3) is 0 Å². The number of ether oxygens (including phenoxy) is 2. The predicted molar refractivity (Wildman–Crippen MR) is 131 cm³/mol. The van der Waals surface area contributed by atoms with Gasteiger partial charge in [0.15, 0.2) is 5.76 Å². The molecule has 0 aromatic heterocycles. The average Bonchev–Trinajstić information content (AvgIpc) is 3.12. The van der Waals surface area contributed by atoms with Gasteiger partial charge in [0.2, 0.25) is 5.78 Å². The highest BCUT2D eigenvalue weighted by atomic mass is 35.5. The zero-order chi connectivity index (χ0) is 22.9. The van der Waals surface area contributed by atoms with Crippen LogP contribution in [0.2, 0.25) is 10.0 Å². The smallest absolute Gasteiger partial charge is 0.231 e. The van der Waals surface area contributed by atoms with Gasteiger partial charge in [-0.1, -0.05) is 59.6 Å². The number of ketones is 1. The van der Waals surface area contributed by atoms with Crippen LogP contribution >= 0.6 is 23.2 Å². The minimum absolute atomic E-state index is 0.150. The van der Waals surface area contributed by atoms with E-state index in [2.05, 4.69) is 29.2 Å². The molecule has 0 unspecified atom stereocenters. The zero-order valence-corrected chi connectivity index (χ0v) is 19.7. The van der Waals surface area contributed by atoms with Gasteiger partial charge in [-0.2, -0.15) is 0 Å². The molecule has 168 valence electrons. The Bertz CT molecular complexity index is 1250. The van der Waals surface area contributed by atoms with Gasteiger partial charge in [-0.05, 0) is 55.2 Å². The summed E-state index contributed by atoms with van der Waals surface area (Å²) in [6.07, 6.45) is 3.74. The van der Waals surface area contributed by atoms with Crippen molar-refractivity contribution in [2.75, 3.05) is 13.3 Å². The number of benzene rings is 3. The molecule has 3 aromatic rings. The van der Waals surface area contributed by atoms with Crippen LogP contribution in [0.5, 0.6) is 11.5 Å². The molecular formula is C27H23Cl2NO3. The summed E-state index contributed by atoms with van der Waals surface area (Å²) in [6, 6.07) is 17.5. The van der Waals surface area contributed by atoms with Crippen LogP contribution in [-0.2, 0) is 13.0 Å². The summed E-state index contributed by atoms with van der Waals surface area (Å²) in [7, 11) is 0. The Morgan fingerprint density at radius 3 is 2.67 bits per heavy atom. The Labute approximate surface area is 203 Å². The summed E-state index contributed by atoms with van der Waals surface area (Å²) in [6.45, 7) is 4.13. The molecule has 0 bridgehead atoms. The number of halogens is 2. The summed E-state index contributed by atoms with van der Waals surface area (Å²) >= 11 is 12.3. The lowest BCUT2D eigenvalue weighted by Gasteiger charge is -2.30. The number of hydrogen-bond acceptors (Lipinski definition) is 4. The van der Waals surface area contributed by atoms with Gasteiger partial charge >= 0.3 is 0 Å². The van der Waals surface area contributed by atoms with Crippen molar-refractivity contribution in [2.24, 2.45) is 0 Å². The lowest BCUT2D eigenvalue weighted by molar-refractivity contribution is 0.0932. The first kappa shape index (κ1) is 22.0. The average molecular weight is 480 g/mol. The summed E-state index contributed by atoms with van der Waals surface area (Å²) in [4.78, 5) is 15.4. The third-order valence-electron chi connectivity index (χ3n) is 6.03. The minimum Gasteiger partial charge on any atom is -0.477 e. The summed E-state index contributed by atoms with van der Waals surface area (Å²) in [5, 5.41) is 1.01. The summed E-state index contributed by atoms with van der Waals surface area (Å²) < 4.78 is 12.1. The van der Waals surface area contributed by atoms with Crippen LogP contribution in [0.25, 0.3) is 6.08 Å². The second-order valence-corrected chi connectivity index (χ2v) is 9.23. The third kappa shape index (κ3) is 4.51. The molecular weight excluding hydrogens is 457 g/mol. The van der Waals surface area contributed by atoms with Crippen molar-refractivity contribution in [3.63, 3.8) is 0 Å². The van der Waals surface area contributed by atoms with E-state index in [1.165, 1.54) is 5.56 Å². The van der Waals surface area contributed by atoms with Crippen LogP contribution in [0.1, 0.15) is 39.0 Å². The van der Waals surface area contributed by atoms with Crippen molar-refractivity contribution in [3.8, 4) is 11.5 Å².